The zero-order valence-corrected chi connectivity index (χ0v) is 11.5. The van der Waals surface area contributed by atoms with Crippen molar-refractivity contribution >= 4 is 11.6 Å². The molecule has 1 heterocycles. The van der Waals surface area contributed by atoms with Gasteiger partial charge in [0, 0.05) is 11.1 Å². The minimum atomic E-state index is 0.506. The first-order chi connectivity index (χ1) is 8.61. The summed E-state index contributed by atoms with van der Waals surface area (Å²) in [5, 5.41) is 0.506. The predicted octanol–water partition coefficient (Wildman–Crippen LogP) is 3.81. The number of rotatable bonds is 3. The summed E-state index contributed by atoms with van der Waals surface area (Å²) in [4.78, 5) is 8.58. The average Bonchev–Trinajstić information content (AvgIpc) is 2.35. The second-order valence-electron chi connectivity index (χ2n) is 3.99. The Hall–Kier alpha value is -1.61. The number of nitrogens with zero attached hydrogens (tertiary/aromatic N) is 2. The zero-order valence-electron chi connectivity index (χ0n) is 10.7. The molecule has 0 amide bonds. The number of aromatic nitrogens is 2. The van der Waals surface area contributed by atoms with E-state index in [4.69, 9.17) is 16.3 Å². The normalized spacial score (nSPS) is 10.4. The Balaban J connectivity index is 2.42. The van der Waals surface area contributed by atoms with Crippen molar-refractivity contribution in [3.05, 3.63) is 40.8 Å². The van der Waals surface area contributed by atoms with E-state index in [1.165, 1.54) is 0 Å². The molecule has 0 saturated heterocycles. The largest absolute Gasteiger partial charge is 0.494 e. The fourth-order valence-electron chi connectivity index (χ4n) is 1.75. The van der Waals surface area contributed by atoms with Gasteiger partial charge in [0.1, 0.15) is 16.7 Å². The molecule has 0 aliphatic rings. The van der Waals surface area contributed by atoms with Crippen molar-refractivity contribution in [3.63, 3.8) is 0 Å². The topological polar surface area (TPSA) is 35.0 Å². The Labute approximate surface area is 112 Å². The Morgan fingerprint density at radius 3 is 2.39 bits per heavy atom. The van der Waals surface area contributed by atoms with Crippen LogP contribution in [0.5, 0.6) is 5.75 Å². The van der Waals surface area contributed by atoms with E-state index in [0.29, 0.717) is 17.6 Å². The van der Waals surface area contributed by atoms with E-state index in [-0.39, 0.29) is 0 Å². The van der Waals surface area contributed by atoms with Gasteiger partial charge in [-0.3, -0.25) is 0 Å². The maximum Gasteiger partial charge on any atom is 0.136 e. The van der Waals surface area contributed by atoms with Crippen molar-refractivity contribution in [3.8, 4) is 17.0 Å². The number of aryl methyl sites for hydroxylation is 1. The molecule has 0 saturated carbocycles. The maximum absolute atomic E-state index is 6.07. The van der Waals surface area contributed by atoms with E-state index in [9.17, 15) is 0 Å². The van der Waals surface area contributed by atoms with Crippen molar-refractivity contribution in [1.29, 1.82) is 0 Å². The van der Waals surface area contributed by atoms with Crippen molar-refractivity contribution in [2.24, 2.45) is 0 Å². The fraction of sp³-hybridized carbons (Fsp3) is 0.286. The van der Waals surface area contributed by atoms with E-state index in [0.717, 1.165) is 22.6 Å². The molecule has 3 nitrogen and oxygen atoms in total. The van der Waals surface area contributed by atoms with Gasteiger partial charge in [0.15, 0.2) is 0 Å². The zero-order chi connectivity index (χ0) is 13.1. The van der Waals surface area contributed by atoms with Crippen LogP contribution in [0.4, 0.5) is 0 Å². The third-order valence-corrected chi connectivity index (χ3v) is 3.00. The third kappa shape index (κ3) is 2.62. The van der Waals surface area contributed by atoms with Gasteiger partial charge in [-0.1, -0.05) is 11.6 Å². The van der Waals surface area contributed by atoms with Gasteiger partial charge in [0.05, 0.1) is 12.3 Å². The first-order valence-electron chi connectivity index (χ1n) is 5.85. The molecule has 2 rings (SSSR count). The highest BCUT2D eigenvalue weighted by atomic mass is 35.5. The highest BCUT2D eigenvalue weighted by Crippen LogP contribution is 2.27. The minimum Gasteiger partial charge on any atom is -0.494 e. The van der Waals surface area contributed by atoms with E-state index in [1.54, 1.807) is 0 Å². The van der Waals surface area contributed by atoms with Crippen molar-refractivity contribution in [1.82, 2.24) is 9.97 Å². The second kappa shape index (κ2) is 5.36. The molecule has 0 aliphatic heterocycles. The molecule has 0 unspecified atom stereocenters. The van der Waals surface area contributed by atoms with E-state index >= 15 is 0 Å². The molecule has 1 aromatic carbocycles. The quantitative estimate of drug-likeness (QED) is 0.789. The highest BCUT2D eigenvalue weighted by molar-refractivity contribution is 6.30. The molecule has 2 aromatic rings. The van der Waals surface area contributed by atoms with Crippen molar-refractivity contribution in [2.75, 3.05) is 6.61 Å². The average molecular weight is 263 g/mol. The summed E-state index contributed by atoms with van der Waals surface area (Å²) in [6, 6.07) is 7.83. The summed E-state index contributed by atoms with van der Waals surface area (Å²) in [6.45, 7) is 6.39. The van der Waals surface area contributed by atoms with E-state index < -0.39 is 0 Å². The summed E-state index contributed by atoms with van der Waals surface area (Å²) in [5.74, 6) is 1.53. The first-order valence-corrected chi connectivity index (χ1v) is 6.23. The summed E-state index contributed by atoms with van der Waals surface area (Å²) in [7, 11) is 0. The molecule has 0 N–H and O–H groups in total. The van der Waals surface area contributed by atoms with Crippen LogP contribution < -0.4 is 4.74 Å². The first kappa shape index (κ1) is 12.8. The van der Waals surface area contributed by atoms with E-state index in [2.05, 4.69) is 9.97 Å². The van der Waals surface area contributed by atoms with Gasteiger partial charge >= 0.3 is 0 Å². The van der Waals surface area contributed by atoms with Crippen LogP contribution in [0.15, 0.2) is 24.3 Å². The van der Waals surface area contributed by atoms with Crippen LogP contribution in [0.1, 0.15) is 18.3 Å². The number of halogens is 1. The molecule has 94 valence electrons. The molecule has 18 heavy (non-hydrogen) atoms. The number of hydrogen-bond acceptors (Lipinski definition) is 3. The number of hydrogen-bond donors (Lipinski definition) is 0. The van der Waals surface area contributed by atoms with Gasteiger partial charge < -0.3 is 4.74 Å². The lowest BCUT2D eigenvalue weighted by Crippen LogP contribution is -1.97. The molecule has 1 aromatic heterocycles. The maximum atomic E-state index is 6.07. The molecule has 0 bridgehead atoms. The predicted molar refractivity (Wildman–Crippen MR) is 73.1 cm³/mol. The van der Waals surface area contributed by atoms with Gasteiger partial charge in [-0.25, -0.2) is 9.97 Å². The van der Waals surface area contributed by atoms with Crippen LogP contribution >= 0.6 is 11.6 Å². The molecule has 0 aliphatic carbocycles. The standard InChI is InChI=1S/C14H15ClN2O/c1-4-18-12-7-5-11(6-8-12)13-9(2)14(15)17-10(3)16-13/h5-8H,4H2,1-3H3. The number of ether oxygens (including phenoxy) is 1. The van der Waals surface area contributed by atoms with Gasteiger partial charge in [-0.05, 0) is 45.0 Å². The smallest absolute Gasteiger partial charge is 0.136 e. The monoisotopic (exact) mass is 262 g/mol. The highest BCUT2D eigenvalue weighted by Gasteiger charge is 2.09. The lowest BCUT2D eigenvalue weighted by Gasteiger charge is -2.09. The molecule has 4 heteroatoms. The van der Waals surface area contributed by atoms with Crippen LogP contribution in [0.2, 0.25) is 5.15 Å². The van der Waals surface area contributed by atoms with Crippen molar-refractivity contribution < 1.29 is 4.74 Å². The summed E-state index contributed by atoms with van der Waals surface area (Å²) >= 11 is 6.07. The van der Waals surface area contributed by atoms with E-state index in [1.807, 2.05) is 45.0 Å². The van der Waals surface area contributed by atoms with Gasteiger partial charge in [0.25, 0.3) is 0 Å². The fourth-order valence-corrected chi connectivity index (χ4v) is 1.96. The van der Waals surface area contributed by atoms with Crippen LogP contribution in [0.25, 0.3) is 11.3 Å². The van der Waals surface area contributed by atoms with Gasteiger partial charge in [-0.2, -0.15) is 0 Å². The Morgan fingerprint density at radius 1 is 1.11 bits per heavy atom. The second-order valence-corrected chi connectivity index (χ2v) is 4.35. The van der Waals surface area contributed by atoms with Crippen LogP contribution in [-0.4, -0.2) is 16.6 Å². The Morgan fingerprint density at radius 2 is 1.78 bits per heavy atom. The Kier molecular flexibility index (Phi) is 3.82. The van der Waals surface area contributed by atoms with Crippen LogP contribution in [0, 0.1) is 13.8 Å². The Bertz CT molecular complexity index is 552. The molecular formula is C14H15ClN2O. The molecule has 0 atom stereocenters. The van der Waals surface area contributed by atoms with Crippen molar-refractivity contribution in [2.45, 2.75) is 20.8 Å². The molecular weight excluding hydrogens is 248 g/mol. The lowest BCUT2D eigenvalue weighted by molar-refractivity contribution is 0.340. The number of benzene rings is 1. The lowest BCUT2D eigenvalue weighted by atomic mass is 10.1. The summed E-state index contributed by atoms with van der Waals surface area (Å²) in [6.07, 6.45) is 0. The molecule has 0 spiro atoms. The van der Waals surface area contributed by atoms with Gasteiger partial charge in [-0.15, -0.1) is 0 Å². The van der Waals surface area contributed by atoms with Crippen LogP contribution in [-0.2, 0) is 0 Å². The van der Waals surface area contributed by atoms with Gasteiger partial charge in [0.2, 0.25) is 0 Å². The molecule has 0 radical (unpaired) electrons. The van der Waals surface area contributed by atoms with Crippen LogP contribution in [0.3, 0.4) is 0 Å². The summed E-state index contributed by atoms with van der Waals surface area (Å²) < 4.78 is 5.42. The molecule has 0 fully saturated rings. The SMILES string of the molecule is CCOc1ccc(-c2nc(C)nc(Cl)c2C)cc1. The summed E-state index contributed by atoms with van der Waals surface area (Å²) in [5.41, 5.74) is 2.78. The minimum absolute atomic E-state index is 0.506. The third-order valence-electron chi connectivity index (χ3n) is 2.64.